The highest BCUT2D eigenvalue weighted by Gasteiger charge is 2.48. The van der Waals surface area contributed by atoms with E-state index in [9.17, 15) is 43.4 Å². The lowest BCUT2D eigenvalue weighted by atomic mass is 9.61. The van der Waals surface area contributed by atoms with Crippen molar-refractivity contribution in [2.75, 3.05) is 37.0 Å². The lowest BCUT2D eigenvalue weighted by molar-refractivity contribution is -0.148. The maximum absolute atomic E-state index is 15.3. The molecule has 7 rings (SSSR count). The van der Waals surface area contributed by atoms with E-state index in [0.29, 0.717) is 28.8 Å². The quantitative estimate of drug-likeness (QED) is 0.0412. The maximum Gasteiger partial charge on any atom is 0.308 e. The second-order valence-electron chi connectivity index (χ2n) is 20.6. The van der Waals surface area contributed by atoms with Gasteiger partial charge in [-0.2, -0.15) is 0 Å². The number of amides is 4. The third-order valence-electron chi connectivity index (χ3n) is 13.6. The number of benzene rings is 1. The first kappa shape index (κ1) is 55.7. The molecule has 0 radical (unpaired) electrons. The normalized spacial score (nSPS) is 18.9. The van der Waals surface area contributed by atoms with Gasteiger partial charge in [0.05, 0.1) is 49.1 Å². The Kier molecular flexibility index (Phi) is 18.2. The van der Waals surface area contributed by atoms with Crippen LogP contribution in [0.5, 0.6) is 0 Å². The number of pyridine rings is 1. The summed E-state index contributed by atoms with van der Waals surface area (Å²) >= 11 is 0. The fourth-order valence-electron chi connectivity index (χ4n) is 9.23. The molecule has 3 saturated carbocycles. The number of carbonyl (C=O) groups is 6. The van der Waals surface area contributed by atoms with Gasteiger partial charge in [0.25, 0.3) is 0 Å². The number of nitrogens with two attached hydrogens (primary N) is 1. The van der Waals surface area contributed by atoms with E-state index in [2.05, 4.69) is 41.5 Å². The zero-order chi connectivity index (χ0) is 53.4. The molecule has 0 saturated heterocycles. The van der Waals surface area contributed by atoms with Crippen LogP contribution in [0.15, 0.2) is 48.9 Å². The number of hydrogen-bond acceptors (Lipinski definition) is 13. The molecule has 0 unspecified atom stereocenters. The van der Waals surface area contributed by atoms with E-state index in [1.165, 1.54) is 13.0 Å². The van der Waals surface area contributed by atoms with Crippen LogP contribution >= 0.6 is 0 Å². The van der Waals surface area contributed by atoms with Crippen molar-refractivity contribution in [3.63, 3.8) is 0 Å². The summed E-state index contributed by atoms with van der Waals surface area (Å²) in [6.45, 7) is 12.6. The summed E-state index contributed by atoms with van der Waals surface area (Å²) in [4.78, 5) is 90.9. The maximum atomic E-state index is 15.3. The van der Waals surface area contributed by atoms with Crippen molar-refractivity contribution in [3.8, 4) is 11.4 Å². The fourth-order valence-corrected chi connectivity index (χ4v) is 9.23. The number of nitrogens with zero attached hydrogens (tertiary/aromatic N) is 4. The van der Waals surface area contributed by atoms with Crippen LogP contribution in [0.2, 0.25) is 0 Å². The Morgan fingerprint density at radius 2 is 1.56 bits per heavy atom. The number of carboxylic acid groups (broad SMARTS) is 2. The average Bonchev–Trinajstić information content (AvgIpc) is 3.69. The molecule has 9 N–H and O–H groups in total. The molecule has 4 aromatic rings. The Morgan fingerprint density at radius 1 is 0.877 bits per heavy atom. The van der Waals surface area contributed by atoms with Gasteiger partial charge >= 0.3 is 11.9 Å². The number of carboxylic acids is 2. The van der Waals surface area contributed by atoms with Crippen LogP contribution in [-0.4, -0.2) is 121 Å². The Hall–Kier alpha value is -6.65. The lowest BCUT2D eigenvalue weighted by Crippen LogP contribution is -2.58. The number of aromatic nitrogens is 4. The first-order chi connectivity index (χ1) is 34.5. The van der Waals surface area contributed by atoms with Gasteiger partial charge in [-0.15, -0.1) is 0 Å². The number of carbonyl (C=O) groups excluding carboxylic acids is 4. The number of nitrogens with one attached hydrogen (secondary N) is 5. The zero-order valence-corrected chi connectivity index (χ0v) is 42.3. The molecule has 0 spiro atoms. The summed E-state index contributed by atoms with van der Waals surface area (Å²) in [5.41, 5.74) is 5.92. The number of ether oxygens (including phenoxy) is 2. The van der Waals surface area contributed by atoms with E-state index >= 15 is 4.39 Å². The van der Waals surface area contributed by atoms with E-state index in [4.69, 9.17) is 15.2 Å². The molecular formula is C51H68F2N10O10. The van der Waals surface area contributed by atoms with Crippen LogP contribution in [0.4, 0.5) is 20.3 Å². The van der Waals surface area contributed by atoms with Gasteiger partial charge in [-0.05, 0) is 108 Å². The van der Waals surface area contributed by atoms with Crippen molar-refractivity contribution in [3.05, 3.63) is 66.1 Å². The molecule has 3 fully saturated rings. The predicted octanol–water partition coefficient (Wildman–Crippen LogP) is 4.85. The highest BCUT2D eigenvalue weighted by molar-refractivity contribution is 5.99. The minimum absolute atomic E-state index is 0.00765. The number of rotatable bonds is 25. The molecule has 3 heterocycles. The van der Waals surface area contributed by atoms with Crippen LogP contribution in [0.3, 0.4) is 0 Å². The van der Waals surface area contributed by atoms with E-state index in [1.807, 2.05) is 13.8 Å². The topological polar surface area (TPSA) is 291 Å². The smallest absolute Gasteiger partial charge is 0.308 e. The molecule has 3 aliphatic carbocycles. The van der Waals surface area contributed by atoms with Crippen molar-refractivity contribution in [1.29, 1.82) is 0 Å². The average molecular weight is 1020 g/mol. The van der Waals surface area contributed by atoms with Crippen LogP contribution in [0, 0.1) is 40.7 Å². The third kappa shape index (κ3) is 14.3. The summed E-state index contributed by atoms with van der Waals surface area (Å²) in [5, 5.41) is 33.6. The molecule has 2 bridgehead atoms. The SMILES string of the molecule is CC(C)[C@H](NC(=O)[C@H](CCC(=O)O)NC(=O)C(C)(C)COCCOC(C)(C)CN)C(=O)N[C@@H](C)C(=O)Nc1ccc(Cn2cc(-c3ncc(F)c(N[C@H]4C5CCC(CC5)[C@@H]4C(=O)O)n3)c3cc(F)cnc32)cc1. The van der Waals surface area contributed by atoms with E-state index < -0.39 is 101 Å². The summed E-state index contributed by atoms with van der Waals surface area (Å²) in [5.74, 6) is -7.27. The zero-order valence-electron chi connectivity index (χ0n) is 42.3. The van der Waals surface area contributed by atoms with Crippen molar-refractivity contribution < 1.29 is 57.2 Å². The predicted molar refractivity (Wildman–Crippen MR) is 266 cm³/mol. The van der Waals surface area contributed by atoms with Gasteiger partial charge in [0.15, 0.2) is 17.5 Å². The largest absolute Gasteiger partial charge is 0.481 e. The van der Waals surface area contributed by atoms with Gasteiger partial charge in [-0.25, -0.2) is 23.7 Å². The number of hydrogen-bond donors (Lipinski definition) is 8. The van der Waals surface area contributed by atoms with E-state index in [1.54, 1.807) is 62.7 Å². The highest BCUT2D eigenvalue weighted by Crippen LogP contribution is 2.46. The van der Waals surface area contributed by atoms with Crippen LogP contribution in [0.25, 0.3) is 22.4 Å². The molecule has 20 nitrogen and oxygen atoms in total. The van der Waals surface area contributed by atoms with Gasteiger partial charge in [0.1, 0.15) is 29.6 Å². The van der Waals surface area contributed by atoms with Crippen molar-refractivity contribution in [1.82, 2.24) is 35.5 Å². The van der Waals surface area contributed by atoms with E-state index in [-0.39, 0.29) is 56.3 Å². The lowest BCUT2D eigenvalue weighted by Gasteiger charge is -2.47. The fraction of sp³-hybridized carbons (Fsp3) is 0.549. The Bertz CT molecular complexity index is 2640. The van der Waals surface area contributed by atoms with Crippen LogP contribution < -0.4 is 32.3 Å². The van der Waals surface area contributed by atoms with Gasteiger partial charge in [-0.1, -0.05) is 26.0 Å². The Morgan fingerprint density at radius 3 is 2.21 bits per heavy atom. The van der Waals surface area contributed by atoms with E-state index in [0.717, 1.165) is 43.6 Å². The molecule has 4 amide bonds. The summed E-state index contributed by atoms with van der Waals surface area (Å²) in [6.07, 6.45) is 6.35. The summed E-state index contributed by atoms with van der Waals surface area (Å²) in [7, 11) is 0. The molecule has 396 valence electrons. The minimum Gasteiger partial charge on any atom is -0.481 e. The first-order valence-corrected chi connectivity index (χ1v) is 24.6. The molecule has 1 aromatic carbocycles. The molecule has 5 atom stereocenters. The second-order valence-corrected chi connectivity index (χ2v) is 20.6. The summed E-state index contributed by atoms with van der Waals surface area (Å²) < 4.78 is 43.1. The standard InChI is InChI=1S/C51H68F2N10O10/c1-27(2)40(61-46(67)37(16-17-38(64)65)59-49(71)50(4,5)26-72-18-19-73-51(6,7)25-54)47(68)57-28(3)45(66)58-33-14-8-29(9-15-33)23-63-24-35(34-20-32(52)21-56-44(34)63)42-55-22-36(53)43(62-42)60-41-31-12-10-30(11-13-31)39(41)48(69)70/h8-9,14-15,20-22,24,27-28,30-31,37,39-41H,10-13,16-19,23,25-26,54H2,1-7H3,(H,57,68)(H,58,66)(H,59,71)(H,61,67)(H,64,65)(H,69,70)(H,55,60,62)/t28-,30?,31?,37-,39-,40-,41-/m0/s1. The molecule has 22 heteroatoms. The third-order valence-corrected chi connectivity index (χ3v) is 13.6. The number of anilines is 2. The van der Waals surface area contributed by atoms with Crippen LogP contribution in [0.1, 0.15) is 92.6 Å². The number of aliphatic carboxylic acids is 2. The molecule has 3 aromatic heterocycles. The van der Waals surface area contributed by atoms with Gasteiger partial charge in [-0.3, -0.25) is 28.8 Å². The molecule has 0 aliphatic heterocycles. The van der Waals surface area contributed by atoms with Crippen molar-refractivity contribution >= 4 is 58.1 Å². The number of halogens is 2. The van der Waals surface area contributed by atoms with Gasteiger partial charge in [0, 0.05) is 48.4 Å². The Labute approximate surface area is 422 Å². The highest BCUT2D eigenvalue weighted by atomic mass is 19.1. The molecule has 73 heavy (non-hydrogen) atoms. The monoisotopic (exact) mass is 1020 g/mol. The van der Waals surface area contributed by atoms with Gasteiger partial charge in [0.2, 0.25) is 23.6 Å². The number of fused-ring (bicyclic) bond motifs is 4. The second kappa shape index (κ2) is 23.9. The minimum atomic E-state index is -1.32. The van der Waals surface area contributed by atoms with Crippen molar-refractivity contribution in [2.24, 2.45) is 34.8 Å². The molecular weight excluding hydrogens is 951 g/mol. The Balaban J connectivity index is 1.07. The first-order valence-electron chi connectivity index (χ1n) is 24.6. The van der Waals surface area contributed by atoms with Gasteiger partial charge < -0.3 is 56.6 Å². The van der Waals surface area contributed by atoms with Crippen LogP contribution in [-0.2, 0) is 44.8 Å². The van der Waals surface area contributed by atoms with Crippen molar-refractivity contribution in [2.45, 2.75) is 123 Å². The summed E-state index contributed by atoms with van der Waals surface area (Å²) in [6, 6.07) is 4.01. The molecule has 3 aliphatic rings.